The van der Waals surface area contributed by atoms with Gasteiger partial charge in [-0.2, -0.15) is 0 Å². The molecule has 1 aromatic heterocycles. The Kier molecular flexibility index (Phi) is 4.83. The first-order valence-corrected chi connectivity index (χ1v) is 13.3. The number of hydrogen-bond donors (Lipinski definition) is 0. The number of rotatable bonds is 1. The fraction of sp³-hybridized carbons (Fsp3) is 0.0571. The molecule has 8 rings (SSSR count). The smallest absolute Gasteiger partial charge is 0.195 e. The van der Waals surface area contributed by atoms with Gasteiger partial charge in [0.2, 0.25) is 0 Å². The highest BCUT2D eigenvalue weighted by Crippen LogP contribution is 2.62. The van der Waals surface area contributed by atoms with Gasteiger partial charge < -0.3 is 14.1 Å². The molecule has 0 saturated heterocycles. The highest BCUT2D eigenvalue weighted by atomic mass is 19.1. The van der Waals surface area contributed by atoms with Crippen molar-refractivity contribution in [3.05, 3.63) is 159 Å². The monoisotopic (exact) mass is 541 g/mol. The summed E-state index contributed by atoms with van der Waals surface area (Å²) in [6.45, 7) is 1.71. The summed E-state index contributed by atoms with van der Waals surface area (Å²) in [5, 5.41) is 0.428. The van der Waals surface area contributed by atoms with Crippen LogP contribution in [0.1, 0.15) is 27.8 Å². The average molecular weight is 542 g/mol. The molecular formula is C35H21F2NO3. The predicted molar refractivity (Wildman–Crippen MR) is 154 cm³/mol. The zero-order valence-corrected chi connectivity index (χ0v) is 21.8. The average Bonchev–Trinajstić information content (AvgIpc) is 2.99. The molecule has 3 heterocycles. The molecule has 2 aliphatic rings. The third kappa shape index (κ3) is 3.16. The highest BCUT2D eigenvalue weighted by Gasteiger charge is 2.51. The van der Waals surface area contributed by atoms with Crippen LogP contribution in [0.2, 0.25) is 0 Å². The van der Waals surface area contributed by atoms with Crippen molar-refractivity contribution in [2.24, 2.45) is 0 Å². The van der Waals surface area contributed by atoms with E-state index in [-0.39, 0.29) is 5.43 Å². The minimum Gasteiger partial charge on any atom is -0.464 e. The predicted octanol–water partition coefficient (Wildman–Crippen LogP) is 8.65. The van der Waals surface area contributed by atoms with Crippen molar-refractivity contribution < 1.29 is 17.9 Å². The molecule has 0 radical (unpaired) electrons. The van der Waals surface area contributed by atoms with E-state index in [1.807, 2.05) is 59.5 Å². The van der Waals surface area contributed by atoms with E-state index in [0.717, 1.165) is 11.1 Å². The lowest BCUT2D eigenvalue weighted by atomic mass is 9.61. The van der Waals surface area contributed by atoms with Gasteiger partial charge in [0, 0.05) is 22.4 Å². The van der Waals surface area contributed by atoms with Crippen molar-refractivity contribution in [2.75, 3.05) is 4.90 Å². The van der Waals surface area contributed by atoms with Crippen LogP contribution in [0.25, 0.3) is 11.0 Å². The normalized spacial score (nSPS) is 14.2. The topological polar surface area (TPSA) is 42.7 Å². The molecule has 0 bridgehead atoms. The molecular weight excluding hydrogens is 520 g/mol. The lowest BCUT2D eigenvalue weighted by Crippen LogP contribution is -2.40. The summed E-state index contributed by atoms with van der Waals surface area (Å²) in [6.07, 6.45) is 1.45. The van der Waals surface area contributed by atoms with E-state index in [9.17, 15) is 4.79 Å². The first kappa shape index (κ1) is 23.6. The van der Waals surface area contributed by atoms with Crippen molar-refractivity contribution in [1.82, 2.24) is 0 Å². The molecule has 6 aromatic rings. The number of hydrogen-bond acceptors (Lipinski definition) is 4. The van der Waals surface area contributed by atoms with Gasteiger partial charge in [-0.1, -0.05) is 36.4 Å². The molecule has 4 nitrogen and oxygen atoms in total. The van der Waals surface area contributed by atoms with Crippen LogP contribution in [0.15, 0.2) is 119 Å². The first-order chi connectivity index (χ1) is 20.0. The van der Waals surface area contributed by atoms with Crippen LogP contribution >= 0.6 is 0 Å². The highest BCUT2D eigenvalue weighted by molar-refractivity contribution is 5.93. The SMILES string of the molecule is Cc1coc2ccc(N3c4ccc(F)cc4C4(c5ccccc5Oc5ccccc54)c4cc(F)ccc43)cc2c1=O. The standard InChI is InChI=1S/C35H21F2NO3/c1-20-19-40-31-15-12-23(18-24(31)34(20)39)38-29-13-10-21(36)16-27(29)35(28-17-22(37)11-14-30(28)38)25-6-2-4-8-32(25)41-33-9-5-3-7-26(33)35/h2-19H,1H3. The maximum absolute atomic E-state index is 15.3. The fourth-order valence-electron chi connectivity index (χ4n) is 6.49. The summed E-state index contributed by atoms with van der Waals surface area (Å²) >= 11 is 0. The van der Waals surface area contributed by atoms with Gasteiger partial charge in [0.15, 0.2) is 5.43 Å². The van der Waals surface area contributed by atoms with Crippen LogP contribution in [-0.4, -0.2) is 0 Å². The Morgan fingerprint density at radius 2 is 1.27 bits per heavy atom. The fourth-order valence-corrected chi connectivity index (χ4v) is 6.49. The summed E-state index contributed by atoms with van der Waals surface area (Å²) in [4.78, 5) is 15.0. The second-order valence-electron chi connectivity index (χ2n) is 10.4. The maximum atomic E-state index is 15.3. The van der Waals surface area contributed by atoms with E-state index >= 15 is 8.78 Å². The minimum absolute atomic E-state index is 0.132. The Labute approximate surface area is 233 Å². The third-order valence-corrected chi connectivity index (χ3v) is 8.20. The molecule has 0 amide bonds. The molecule has 0 saturated carbocycles. The van der Waals surface area contributed by atoms with Gasteiger partial charge in [0.25, 0.3) is 0 Å². The van der Waals surface area contributed by atoms with E-state index < -0.39 is 17.0 Å². The summed E-state index contributed by atoms with van der Waals surface area (Å²) < 4.78 is 42.6. The van der Waals surface area contributed by atoms with Crippen molar-refractivity contribution in [3.63, 3.8) is 0 Å². The van der Waals surface area contributed by atoms with Crippen molar-refractivity contribution in [2.45, 2.75) is 12.3 Å². The second kappa shape index (κ2) is 8.38. The lowest BCUT2D eigenvalue weighted by Gasteiger charge is -2.48. The quantitative estimate of drug-likeness (QED) is 0.209. The summed E-state index contributed by atoms with van der Waals surface area (Å²) in [5.74, 6) is 0.394. The summed E-state index contributed by atoms with van der Waals surface area (Å²) in [7, 11) is 0. The second-order valence-corrected chi connectivity index (χ2v) is 10.4. The van der Waals surface area contributed by atoms with Crippen LogP contribution < -0.4 is 15.1 Å². The van der Waals surface area contributed by atoms with E-state index in [1.165, 1.54) is 30.5 Å². The van der Waals surface area contributed by atoms with Crippen LogP contribution in [0.3, 0.4) is 0 Å². The van der Waals surface area contributed by atoms with Gasteiger partial charge >= 0.3 is 0 Å². The lowest BCUT2D eigenvalue weighted by molar-refractivity contribution is 0.433. The molecule has 5 aromatic carbocycles. The van der Waals surface area contributed by atoms with Gasteiger partial charge in [-0.05, 0) is 84.8 Å². The van der Waals surface area contributed by atoms with Crippen LogP contribution in [0.4, 0.5) is 25.8 Å². The summed E-state index contributed by atoms with van der Waals surface area (Å²) in [6, 6.07) is 30.0. The van der Waals surface area contributed by atoms with Crippen LogP contribution in [0, 0.1) is 18.6 Å². The molecule has 0 unspecified atom stereocenters. The largest absolute Gasteiger partial charge is 0.464 e. The summed E-state index contributed by atoms with van der Waals surface area (Å²) in [5.41, 5.74) is 4.65. The molecule has 0 fully saturated rings. The minimum atomic E-state index is -1.08. The Bertz CT molecular complexity index is 2020. The molecule has 41 heavy (non-hydrogen) atoms. The Balaban J connectivity index is 1.53. The van der Waals surface area contributed by atoms with Gasteiger partial charge in [-0.3, -0.25) is 4.79 Å². The van der Waals surface area contributed by atoms with E-state index in [2.05, 4.69) is 0 Å². The van der Waals surface area contributed by atoms with Crippen molar-refractivity contribution in [3.8, 4) is 11.5 Å². The molecule has 0 N–H and O–H groups in total. The molecule has 198 valence electrons. The zero-order chi connectivity index (χ0) is 27.9. The van der Waals surface area contributed by atoms with Crippen molar-refractivity contribution >= 4 is 28.0 Å². The number of para-hydroxylation sites is 2. The number of halogens is 2. The van der Waals surface area contributed by atoms with Gasteiger partial charge in [-0.15, -0.1) is 0 Å². The Morgan fingerprint density at radius 3 is 1.88 bits per heavy atom. The molecule has 6 heteroatoms. The number of ether oxygens (including phenoxy) is 1. The van der Waals surface area contributed by atoms with Crippen molar-refractivity contribution in [1.29, 1.82) is 0 Å². The first-order valence-electron chi connectivity index (χ1n) is 13.3. The Morgan fingerprint density at radius 1 is 0.683 bits per heavy atom. The number of nitrogens with zero attached hydrogens (tertiary/aromatic N) is 1. The number of aryl methyl sites for hydroxylation is 1. The number of fused-ring (bicyclic) bond motifs is 9. The maximum Gasteiger partial charge on any atom is 0.195 e. The number of anilines is 3. The third-order valence-electron chi connectivity index (χ3n) is 8.20. The van der Waals surface area contributed by atoms with Gasteiger partial charge in [-0.25, -0.2) is 8.78 Å². The van der Waals surface area contributed by atoms with Crippen LogP contribution in [0.5, 0.6) is 11.5 Å². The molecule has 0 atom stereocenters. The van der Waals surface area contributed by atoms with Gasteiger partial charge in [0.05, 0.1) is 28.4 Å². The van der Waals surface area contributed by atoms with E-state index in [1.54, 1.807) is 31.2 Å². The molecule has 0 aliphatic carbocycles. The zero-order valence-electron chi connectivity index (χ0n) is 21.8. The molecule has 1 spiro atoms. The molecule has 2 aliphatic heterocycles. The van der Waals surface area contributed by atoms with Gasteiger partial charge in [0.1, 0.15) is 28.7 Å². The van der Waals surface area contributed by atoms with E-state index in [0.29, 0.717) is 56.2 Å². The van der Waals surface area contributed by atoms with Crippen LogP contribution in [-0.2, 0) is 5.41 Å². The Hall–Kier alpha value is -5.23. The van der Waals surface area contributed by atoms with E-state index in [4.69, 9.17) is 9.15 Å². The number of benzene rings is 5.